The van der Waals surface area contributed by atoms with Crippen molar-refractivity contribution in [2.24, 2.45) is 0 Å². The highest BCUT2D eigenvalue weighted by atomic mass is 19.3. The van der Waals surface area contributed by atoms with E-state index in [0.29, 0.717) is 28.7 Å². The molecule has 1 aliphatic heterocycles. The lowest BCUT2D eigenvalue weighted by molar-refractivity contribution is 0.0662. The normalized spacial score (nSPS) is 15.6. The van der Waals surface area contributed by atoms with Gasteiger partial charge in [0, 0.05) is 42.3 Å². The monoisotopic (exact) mass is 482 g/mol. The van der Waals surface area contributed by atoms with E-state index in [9.17, 15) is 13.2 Å². The van der Waals surface area contributed by atoms with Crippen LogP contribution in [0.1, 0.15) is 55.2 Å². The van der Waals surface area contributed by atoms with Crippen LogP contribution in [0.3, 0.4) is 0 Å². The fraction of sp³-hybridized carbons (Fsp3) is 0.360. The summed E-state index contributed by atoms with van der Waals surface area (Å²) in [6, 6.07) is 5.60. The van der Waals surface area contributed by atoms with Crippen LogP contribution in [0.4, 0.5) is 19.0 Å². The van der Waals surface area contributed by atoms with Gasteiger partial charge in [0.25, 0.3) is 6.43 Å². The third-order valence-corrected chi connectivity index (χ3v) is 6.28. The van der Waals surface area contributed by atoms with Gasteiger partial charge in [-0.3, -0.25) is 4.68 Å². The zero-order valence-electron chi connectivity index (χ0n) is 19.4. The number of aryl methyl sites for hydroxylation is 1. The summed E-state index contributed by atoms with van der Waals surface area (Å²) in [4.78, 5) is 13.4. The minimum Gasteiger partial charge on any atom is -0.381 e. The molecular weight excluding hydrogens is 457 g/mol. The van der Waals surface area contributed by atoms with Crippen molar-refractivity contribution in [2.45, 2.75) is 45.2 Å². The number of nitrogens with zero attached hydrogens (tertiary/aromatic N) is 5. The quantitative estimate of drug-likeness (QED) is 0.374. The van der Waals surface area contributed by atoms with Crippen LogP contribution in [0.15, 0.2) is 42.9 Å². The van der Waals surface area contributed by atoms with E-state index in [-0.39, 0.29) is 5.56 Å². The van der Waals surface area contributed by atoms with Crippen LogP contribution in [0, 0.1) is 12.7 Å². The molecule has 4 aromatic rings. The zero-order chi connectivity index (χ0) is 24.5. The van der Waals surface area contributed by atoms with E-state index in [2.05, 4.69) is 25.4 Å². The molecule has 182 valence electrons. The van der Waals surface area contributed by atoms with Crippen LogP contribution >= 0.6 is 0 Å². The van der Waals surface area contributed by atoms with Crippen molar-refractivity contribution in [3.8, 4) is 11.1 Å². The van der Waals surface area contributed by atoms with Crippen molar-refractivity contribution in [2.75, 3.05) is 18.5 Å². The molecule has 5 rings (SSSR count). The molecule has 1 atom stereocenters. The van der Waals surface area contributed by atoms with Gasteiger partial charge >= 0.3 is 0 Å². The van der Waals surface area contributed by atoms with Crippen LogP contribution in [0.5, 0.6) is 0 Å². The molecule has 0 saturated carbocycles. The fourth-order valence-corrected chi connectivity index (χ4v) is 4.38. The zero-order valence-corrected chi connectivity index (χ0v) is 19.4. The Labute approximate surface area is 200 Å². The molecule has 3 aromatic heterocycles. The van der Waals surface area contributed by atoms with Crippen molar-refractivity contribution in [3.05, 3.63) is 65.6 Å². The summed E-state index contributed by atoms with van der Waals surface area (Å²) >= 11 is 0. The van der Waals surface area contributed by atoms with Crippen molar-refractivity contribution in [1.29, 1.82) is 0 Å². The second-order valence-corrected chi connectivity index (χ2v) is 8.68. The predicted octanol–water partition coefficient (Wildman–Crippen LogP) is 5.80. The average molecular weight is 483 g/mol. The van der Waals surface area contributed by atoms with E-state index < -0.39 is 23.8 Å². The number of ether oxygens (including phenoxy) is 1. The van der Waals surface area contributed by atoms with Gasteiger partial charge < -0.3 is 10.1 Å². The summed E-state index contributed by atoms with van der Waals surface area (Å²) in [5.74, 6) is 0.0199. The number of aromatic nitrogens is 5. The number of halogens is 3. The number of hydrogen-bond acceptors (Lipinski definition) is 6. The van der Waals surface area contributed by atoms with Gasteiger partial charge in [-0.05, 0) is 32.8 Å². The lowest BCUT2D eigenvalue weighted by Crippen LogP contribution is -2.19. The second-order valence-electron chi connectivity index (χ2n) is 8.68. The molecule has 0 aliphatic carbocycles. The third-order valence-electron chi connectivity index (χ3n) is 6.28. The molecule has 0 unspecified atom stereocenters. The van der Waals surface area contributed by atoms with Crippen LogP contribution in [0.2, 0.25) is 0 Å². The van der Waals surface area contributed by atoms with E-state index in [1.807, 2.05) is 16.9 Å². The number of rotatable bonds is 6. The molecule has 4 heterocycles. The molecule has 0 bridgehead atoms. The summed E-state index contributed by atoms with van der Waals surface area (Å²) < 4.78 is 48.5. The molecule has 1 N–H and O–H groups in total. The fourth-order valence-electron chi connectivity index (χ4n) is 4.38. The maximum Gasteiger partial charge on any atom is 0.266 e. The summed E-state index contributed by atoms with van der Waals surface area (Å²) in [6.45, 7) is 4.89. The summed E-state index contributed by atoms with van der Waals surface area (Å²) in [5, 5.41) is 8.35. The molecule has 0 spiro atoms. The molecule has 1 aliphatic rings. The van der Waals surface area contributed by atoms with Gasteiger partial charge in [0.2, 0.25) is 0 Å². The maximum absolute atomic E-state index is 14.7. The first kappa shape index (κ1) is 23.2. The Hall–Kier alpha value is -3.53. The Balaban J connectivity index is 1.48. The predicted molar refractivity (Wildman–Crippen MR) is 126 cm³/mol. The van der Waals surface area contributed by atoms with Gasteiger partial charge in [-0.15, -0.1) is 0 Å². The largest absolute Gasteiger partial charge is 0.381 e. The first-order valence-corrected chi connectivity index (χ1v) is 11.5. The summed E-state index contributed by atoms with van der Waals surface area (Å²) in [7, 11) is 0. The van der Waals surface area contributed by atoms with Gasteiger partial charge in [-0.25, -0.2) is 28.1 Å². The molecule has 7 nitrogen and oxygen atoms in total. The Kier molecular flexibility index (Phi) is 6.38. The van der Waals surface area contributed by atoms with Gasteiger partial charge in [0.05, 0.1) is 29.2 Å². The Morgan fingerprint density at radius 1 is 1.09 bits per heavy atom. The lowest BCUT2D eigenvalue weighted by atomic mass is 10.0. The highest BCUT2D eigenvalue weighted by Crippen LogP contribution is 2.32. The van der Waals surface area contributed by atoms with Crippen LogP contribution in [-0.4, -0.2) is 37.9 Å². The number of anilines is 1. The molecule has 0 radical (unpaired) electrons. The molecular formula is C25H25F3N6O. The number of fused-ring (bicyclic) bond motifs is 1. The number of benzene rings is 1. The topological polar surface area (TPSA) is 77.8 Å². The molecule has 1 aromatic carbocycles. The molecule has 1 fully saturated rings. The van der Waals surface area contributed by atoms with Gasteiger partial charge in [0.15, 0.2) is 5.65 Å². The Morgan fingerprint density at radius 3 is 2.63 bits per heavy atom. The minimum absolute atomic E-state index is 0.133. The van der Waals surface area contributed by atoms with Crippen molar-refractivity contribution < 1.29 is 17.9 Å². The first-order chi connectivity index (χ1) is 16.9. The average Bonchev–Trinajstić information content (AvgIpc) is 3.34. The van der Waals surface area contributed by atoms with Crippen LogP contribution < -0.4 is 5.32 Å². The number of pyridine rings is 1. The van der Waals surface area contributed by atoms with E-state index in [1.165, 1.54) is 12.1 Å². The van der Waals surface area contributed by atoms with Crippen LogP contribution in [0.25, 0.3) is 22.2 Å². The lowest BCUT2D eigenvalue weighted by Gasteiger charge is -2.22. The van der Waals surface area contributed by atoms with Gasteiger partial charge in [-0.2, -0.15) is 5.10 Å². The number of hydrogen-bond donors (Lipinski definition) is 1. The van der Waals surface area contributed by atoms with E-state index >= 15 is 0 Å². The number of nitrogens with one attached hydrogen (secondary N) is 1. The van der Waals surface area contributed by atoms with E-state index in [0.717, 1.165) is 43.2 Å². The van der Waals surface area contributed by atoms with Gasteiger partial charge in [0.1, 0.15) is 17.5 Å². The summed E-state index contributed by atoms with van der Waals surface area (Å²) in [5.41, 5.74) is 1.74. The van der Waals surface area contributed by atoms with Crippen molar-refractivity contribution in [1.82, 2.24) is 24.7 Å². The minimum atomic E-state index is -2.89. The maximum atomic E-state index is 14.7. The molecule has 0 amide bonds. The Bertz CT molecular complexity index is 1350. The van der Waals surface area contributed by atoms with E-state index in [4.69, 9.17) is 4.74 Å². The number of alkyl halides is 2. The highest BCUT2D eigenvalue weighted by Gasteiger charge is 2.21. The SMILES string of the molecule is Cc1nc(N[C@H](C)c2cccc(C(F)F)c2F)c2cc(-c3cnn(C4CCOCC4)c3)cnc2n1. The smallest absolute Gasteiger partial charge is 0.266 e. The third kappa shape index (κ3) is 4.70. The standard InChI is InChI=1S/C25H25F3N6O/c1-14(19-4-3-5-20(22(19)26)23(27)28)31-25-21-10-16(11-29-24(21)32-15(2)33-25)17-12-30-34(13-17)18-6-8-35-9-7-18/h3-5,10-14,18,23H,6-9H2,1-2H3,(H,29,31,32,33)/t14-/m1/s1. The van der Waals surface area contributed by atoms with E-state index in [1.54, 1.807) is 26.2 Å². The second kappa shape index (κ2) is 9.61. The summed E-state index contributed by atoms with van der Waals surface area (Å²) in [6.07, 6.45) is 4.47. The molecule has 10 heteroatoms. The molecule has 35 heavy (non-hydrogen) atoms. The van der Waals surface area contributed by atoms with Gasteiger partial charge in [-0.1, -0.05) is 18.2 Å². The van der Waals surface area contributed by atoms with Crippen LogP contribution in [-0.2, 0) is 4.74 Å². The Morgan fingerprint density at radius 2 is 1.86 bits per heavy atom. The molecule has 1 saturated heterocycles. The highest BCUT2D eigenvalue weighted by molar-refractivity contribution is 5.90. The first-order valence-electron chi connectivity index (χ1n) is 11.5. The van der Waals surface area contributed by atoms with Crippen molar-refractivity contribution in [3.63, 3.8) is 0 Å². The van der Waals surface area contributed by atoms with Crippen molar-refractivity contribution >= 4 is 16.9 Å².